The number of carbonyl (C=O) groups excluding carboxylic acids is 1. The van der Waals surface area contributed by atoms with E-state index < -0.39 is 5.97 Å². The molecular weight excluding hydrogens is 344 g/mol. The number of hydrogen-bond donors (Lipinski definition) is 0. The Labute approximate surface area is 149 Å². The lowest BCUT2D eigenvalue weighted by Crippen LogP contribution is -2.37. The number of nitrogens with zero attached hydrogens (tertiary/aromatic N) is 2. The minimum atomic E-state index is -0.515. The number of carbonyl (C=O) groups is 1. The summed E-state index contributed by atoms with van der Waals surface area (Å²) in [6.45, 7) is 2.20. The van der Waals surface area contributed by atoms with Crippen LogP contribution in [0.15, 0.2) is 59.3 Å². The van der Waals surface area contributed by atoms with Crippen molar-refractivity contribution in [3.05, 3.63) is 75.5 Å². The van der Waals surface area contributed by atoms with Crippen LogP contribution < -0.4 is 5.56 Å². The van der Waals surface area contributed by atoms with E-state index in [1.165, 1.54) is 16.8 Å². The molecule has 0 aliphatic carbocycles. The van der Waals surface area contributed by atoms with Crippen molar-refractivity contribution in [3.63, 3.8) is 0 Å². The van der Waals surface area contributed by atoms with Gasteiger partial charge in [-0.1, -0.05) is 17.7 Å². The molecule has 1 aliphatic rings. The second-order valence-corrected chi connectivity index (χ2v) is 5.85. The Kier molecular flexibility index (Phi) is 5.53. The molecule has 2 aromatic rings. The van der Waals surface area contributed by atoms with Gasteiger partial charge in [-0.2, -0.15) is 0 Å². The Hall–Kier alpha value is -2.57. The highest BCUT2D eigenvalue weighted by atomic mass is 35.5. The number of pyridine rings is 1. The average molecular weight is 361 g/mol. The monoisotopic (exact) mass is 360 g/mol. The third-order valence-electron chi connectivity index (χ3n) is 3.70. The third-order valence-corrected chi connectivity index (χ3v) is 3.95. The standard InChI is InChI=1S/C18H17ClN2O4/c19-15-6-4-14(5-7-15)18(23)25-17(20-9-11-24-12-10-20)13-21-8-2-1-3-16(21)22/h1-8,13H,9-12H2. The number of benzene rings is 1. The Morgan fingerprint density at radius 3 is 2.52 bits per heavy atom. The molecule has 1 fully saturated rings. The van der Waals surface area contributed by atoms with Gasteiger partial charge in [0.15, 0.2) is 0 Å². The summed E-state index contributed by atoms with van der Waals surface area (Å²) in [6.07, 6.45) is 3.13. The van der Waals surface area contributed by atoms with Crippen LogP contribution in [-0.4, -0.2) is 41.7 Å². The number of aromatic nitrogens is 1. The normalized spacial score (nSPS) is 15.1. The zero-order chi connectivity index (χ0) is 17.6. The largest absolute Gasteiger partial charge is 0.404 e. The molecule has 0 N–H and O–H groups in total. The summed E-state index contributed by atoms with van der Waals surface area (Å²) >= 11 is 5.84. The Balaban J connectivity index is 1.88. The summed E-state index contributed by atoms with van der Waals surface area (Å²) in [5, 5.41) is 0.538. The lowest BCUT2D eigenvalue weighted by atomic mass is 10.2. The maximum Gasteiger partial charge on any atom is 0.344 e. The van der Waals surface area contributed by atoms with Crippen molar-refractivity contribution in [1.29, 1.82) is 0 Å². The summed E-state index contributed by atoms with van der Waals surface area (Å²) in [4.78, 5) is 26.3. The fourth-order valence-electron chi connectivity index (χ4n) is 2.36. The van der Waals surface area contributed by atoms with Crippen LogP contribution in [0, 0.1) is 0 Å². The van der Waals surface area contributed by atoms with Gasteiger partial charge in [0, 0.05) is 30.4 Å². The number of ether oxygens (including phenoxy) is 2. The van der Waals surface area contributed by atoms with Gasteiger partial charge in [0.05, 0.1) is 25.0 Å². The zero-order valence-electron chi connectivity index (χ0n) is 13.4. The van der Waals surface area contributed by atoms with Crippen molar-refractivity contribution in [2.24, 2.45) is 0 Å². The van der Waals surface area contributed by atoms with E-state index in [0.29, 0.717) is 42.8 Å². The zero-order valence-corrected chi connectivity index (χ0v) is 14.2. The molecule has 1 aromatic heterocycles. The Morgan fingerprint density at radius 2 is 1.84 bits per heavy atom. The van der Waals surface area contributed by atoms with Gasteiger partial charge in [0.1, 0.15) is 0 Å². The Morgan fingerprint density at radius 1 is 1.12 bits per heavy atom. The highest BCUT2D eigenvalue weighted by molar-refractivity contribution is 6.30. The molecule has 25 heavy (non-hydrogen) atoms. The molecule has 1 saturated heterocycles. The summed E-state index contributed by atoms with van der Waals surface area (Å²) < 4.78 is 12.3. The van der Waals surface area contributed by atoms with E-state index in [1.54, 1.807) is 42.6 Å². The van der Waals surface area contributed by atoms with Gasteiger partial charge in [0.25, 0.3) is 5.56 Å². The predicted octanol–water partition coefficient (Wildman–Crippen LogP) is 2.45. The van der Waals surface area contributed by atoms with Crippen LogP contribution in [0.2, 0.25) is 5.02 Å². The lowest BCUT2D eigenvalue weighted by Gasteiger charge is -2.29. The van der Waals surface area contributed by atoms with Gasteiger partial charge in [-0.3, -0.25) is 9.36 Å². The number of halogens is 1. The molecule has 130 valence electrons. The summed E-state index contributed by atoms with van der Waals surface area (Å²) in [5.74, 6) is -0.213. The van der Waals surface area contributed by atoms with Crippen LogP contribution >= 0.6 is 11.6 Å². The van der Waals surface area contributed by atoms with E-state index in [4.69, 9.17) is 21.1 Å². The number of morpholine rings is 1. The summed E-state index contributed by atoms with van der Waals surface area (Å²) in [7, 11) is 0. The lowest BCUT2D eigenvalue weighted by molar-refractivity contribution is 0.0153. The van der Waals surface area contributed by atoms with Crippen LogP contribution in [0.25, 0.3) is 6.20 Å². The minimum Gasteiger partial charge on any atom is -0.404 e. The maximum atomic E-state index is 12.4. The number of esters is 1. The van der Waals surface area contributed by atoms with Crippen LogP contribution in [0.5, 0.6) is 0 Å². The van der Waals surface area contributed by atoms with Crippen molar-refractivity contribution in [1.82, 2.24) is 9.47 Å². The number of rotatable bonds is 4. The molecule has 0 spiro atoms. The van der Waals surface area contributed by atoms with Crippen LogP contribution in [0.3, 0.4) is 0 Å². The molecular formula is C18H17ClN2O4. The van der Waals surface area contributed by atoms with Crippen LogP contribution in [0.1, 0.15) is 10.4 Å². The molecule has 1 aromatic carbocycles. The molecule has 0 atom stereocenters. The van der Waals surface area contributed by atoms with Gasteiger partial charge in [-0.25, -0.2) is 4.79 Å². The SMILES string of the molecule is O=C(OC(=Cn1ccccc1=O)N1CCOCC1)c1ccc(Cl)cc1. The van der Waals surface area contributed by atoms with Crippen molar-refractivity contribution in [2.45, 2.75) is 0 Å². The molecule has 7 heteroatoms. The van der Waals surface area contributed by atoms with Crippen molar-refractivity contribution in [3.8, 4) is 0 Å². The van der Waals surface area contributed by atoms with Gasteiger partial charge in [0.2, 0.25) is 5.88 Å². The van der Waals surface area contributed by atoms with Gasteiger partial charge in [-0.15, -0.1) is 0 Å². The van der Waals surface area contributed by atoms with Gasteiger partial charge >= 0.3 is 5.97 Å². The van der Waals surface area contributed by atoms with E-state index >= 15 is 0 Å². The average Bonchev–Trinajstić information content (AvgIpc) is 2.64. The quantitative estimate of drug-likeness (QED) is 0.619. The first kappa shape index (κ1) is 17.3. The molecule has 6 nitrogen and oxygen atoms in total. The molecule has 0 unspecified atom stereocenters. The van der Waals surface area contributed by atoms with E-state index in [0.717, 1.165) is 0 Å². The molecule has 3 rings (SSSR count). The Bertz CT molecular complexity index is 823. The van der Waals surface area contributed by atoms with Gasteiger partial charge < -0.3 is 14.4 Å². The molecule has 1 aliphatic heterocycles. The molecule has 0 amide bonds. The highest BCUT2D eigenvalue weighted by Crippen LogP contribution is 2.15. The summed E-state index contributed by atoms with van der Waals surface area (Å²) in [6, 6.07) is 11.3. The van der Waals surface area contributed by atoms with Crippen molar-refractivity contribution >= 4 is 23.8 Å². The van der Waals surface area contributed by atoms with E-state index in [-0.39, 0.29) is 5.56 Å². The molecule has 0 saturated carbocycles. The fraction of sp³-hybridized carbons (Fsp3) is 0.222. The third kappa shape index (κ3) is 4.49. The second kappa shape index (κ2) is 8.00. The maximum absolute atomic E-state index is 12.4. The first-order chi connectivity index (χ1) is 12.1. The fourth-order valence-corrected chi connectivity index (χ4v) is 2.49. The van der Waals surface area contributed by atoms with Gasteiger partial charge in [-0.05, 0) is 30.3 Å². The van der Waals surface area contributed by atoms with E-state index in [2.05, 4.69) is 0 Å². The van der Waals surface area contributed by atoms with E-state index in [1.807, 2.05) is 4.90 Å². The van der Waals surface area contributed by atoms with Crippen molar-refractivity contribution < 1.29 is 14.3 Å². The predicted molar refractivity (Wildman–Crippen MR) is 94.2 cm³/mol. The molecule has 0 bridgehead atoms. The first-order valence-electron chi connectivity index (χ1n) is 7.83. The number of hydrogen-bond acceptors (Lipinski definition) is 5. The van der Waals surface area contributed by atoms with E-state index in [9.17, 15) is 9.59 Å². The topological polar surface area (TPSA) is 60.8 Å². The highest BCUT2D eigenvalue weighted by Gasteiger charge is 2.19. The van der Waals surface area contributed by atoms with Crippen molar-refractivity contribution in [2.75, 3.05) is 26.3 Å². The van der Waals surface area contributed by atoms with Crippen LogP contribution in [0.4, 0.5) is 0 Å². The molecule has 0 radical (unpaired) electrons. The minimum absolute atomic E-state index is 0.212. The van der Waals surface area contributed by atoms with Crippen LogP contribution in [-0.2, 0) is 9.47 Å². The summed E-state index contributed by atoms with van der Waals surface area (Å²) in [5.41, 5.74) is 0.166. The second-order valence-electron chi connectivity index (χ2n) is 5.41. The molecule has 2 heterocycles. The smallest absolute Gasteiger partial charge is 0.344 e. The first-order valence-corrected chi connectivity index (χ1v) is 8.21.